The van der Waals surface area contributed by atoms with Crippen molar-refractivity contribution in [3.05, 3.63) is 45.9 Å². The Morgan fingerprint density at radius 3 is 2.77 bits per heavy atom. The van der Waals surface area contributed by atoms with Crippen LogP contribution in [0.3, 0.4) is 0 Å². The van der Waals surface area contributed by atoms with E-state index in [1.165, 1.54) is 5.56 Å². The predicted molar refractivity (Wildman–Crippen MR) is 96.6 cm³/mol. The summed E-state index contributed by atoms with van der Waals surface area (Å²) < 4.78 is 42.8. The third-order valence-corrected chi connectivity index (χ3v) is 4.39. The number of halogens is 3. The van der Waals surface area contributed by atoms with Gasteiger partial charge in [-0.25, -0.2) is 4.98 Å². The van der Waals surface area contributed by atoms with Gasteiger partial charge in [0.2, 0.25) is 0 Å². The Labute approximate surface area is 154 Å². The molecule has 142 valence electrons. The zero-order valence-electron chi connectivity index (χ0n) is 14.6. The molecule has 26 heavy (non-hydrogen) atoms. The highest BCUT2D eigenvalue weighted by Crippen LogP contribution is 2.29. The van der Waals surface area contributed by atoms with Gasteiger partial charge in [-0.15, -0.1) is 11.3 Å². The molecular formula is C17H21F3N4OS. The minimum absolute atomic E-state index is 0.191. The summed E-state index contributed by atoms with van der Waals surface area (Å²) >= 11 is 0.970. The molecule has 2 N–H and O–H groups in total. The van der Waals surface area contributed by atoms with Crippen LogP contribution in [0.4, 0.5) is 13.2 Å². The smallest absolute Gasteiger partial charge is 0.434 e. The second-order valence-electron chi connectivity index (χ2n) is 5.43. The van der Waals surface area contributed by atoms with Gasteiger partial charge in [0.05, 0.1) is 13.7 Å². The monoisotopic (exact) mass is 386 g/mol. The standard InChI is InChI=1S/C17H21F3N4OS/c1-21-16(23-10-15-24-14(11-26-15)17(18,19)20)22-8-4-6-12-5-3-7-13(9-12)25-2/h3,5,7,9,11H,4,6,8,10H2,1-2H3,(H2,21,22,23). The number of aromatic nitrogens is 1. The topological polar surface area (TPSA) is 58.5 Å². The quantitative estimate of drug-likeness (QED) is 0.435. The summed E-state index contributed by atoms with van der Waals surface area (Å²) in [4.78, 5) is 7.64. The van der Waals surface area contributed by atoms with Crippen molar-refractivity contribution in [2.45, 2.75) is 25.6 Å². The summed E-state index contributed by atoms with van der Waals surface area (Å²) in [7, 11) is 3.25. The zero-order chi connectivity index (χ0) is 19.0. The van der Waals surface area contributed by atoms with E-state index in [1.807, 2.05) is 24.3 Å². The first kappa shape index (κ1) is 20.0. The summed E-state index contributed by atoms with van der Waals surface area (Å²) in [6.07, 6.45) is -2.65. The van der Waals surface area contributed by atoms with E-state index in [4.69, 9.17) is 4.74 Å². The normalized spacial score (nSPS) is 12.1. The van der Waals surface area contributed by atoms with E-state index in [1.54, 1.807) is 14.2 Å². The second kappa shape index (κ2) is 9.42. The molecule has 0 saturated heterocycles. The van der Waals surface area contributed by atoms with E-state index in [9.17, 15) is 13.2 Å². The lowest BCUT2D eigenvalue weighted by molar-refractivity contribution is -0.140. The molecule has 5 nitrogen and oxygen atoms in total. The SMILES string of the molecule is CN=C(NCCCc1cccc(OC)c1)NCc1nc(C(F)(F)F)cs1. The minimum Gasteiger partial charge on any atom is -0.497 e. The van der Waals surface area contributed by atoms with E-state index < -0.39 is 11.9 Å². The maximum absolute atomic E-state index is 12.5. The number of ether oxygens (including phenoxy) is 1. The van der Waals surface area contributed by atoms with E-state index in [2.05, 4.69) is 20.6 Å². The van der Waals surface area contributed by atoms with E-state index in [-0.39, 0.29) is 6.54 Å². The Morgan fingerprint density at radius 2 is 2.12 bits per heavy atom. The molecular weight excluding hydrogens is 365 g/mol. The lowest BCUT2D eigenvalue weighted by atomic mass is 10.1. The van der Waals surface area contributed by atoms with Gasteiger partial charge in [0.15, 0.2) is 11.7 Å². The Morgan fingerprint density at radius 1 is 1.31 bits per heavy atom. The Kier molecular flexibility index (Phi) is 7.26. The molecule has 0 aliphatic carbocycles. The number of guanidine groups is 1. The van der Waals surface area contributed by atoms with Gasteiger partial charge >= 0.3 is 6.18 Å². The van der Waals surface area contributed by atoms with Crippen molar-refractivity contribution >= 4 is 17.3 Å². The fraction of sp³-hybridized carbons (Fsp3) is 0.412. The van der Waals surface area contributed by atoms with Crippen LogP contribution in [0.1, 0.15) is 22.7 Å². The molecule has 0 bridgehead atoms. The van der Waals surface area contributed by atoms with Crippen LogP contribution in [0.5, 0.6) is 5.75 Å². The molecule has 9 heteroatoms. The highest BCUT2D eigenvalue weighted by molar-refractivity contribution is 7.09. The second-order valence-corrected chi connectivity index (χ2v) is 6.37. The highest BCUT2D eigenvalue weighted by Gasteiger charge is 2.33. The largest absolute Gasteiger partial charge is 0.497 e. The molecule has 0 amide bonds. The Bertz CT molecular complexity index is 731. The number of nitrogens with one attached hydrogen (secondary N) is 2. The summed E-state index contributed by atoms with van der Waals surface area (Å²) in [6.45, 7) is 0.874. The van der Waals surface area contributed by atoms with Crippen molar-refractivity contribution < 1.29 is 17.9 Å². The van der Waals surface area contributed by atoms with Gasteiger partial charge < -0.3 is 15.4 Å². The van der Waals surface area contributed by atoms with Gasteiger partial charge in [-0.1, -0.05) is 12.1 Å². The maximum Gasteiger partial charge on any atom is 0.434 e. The summed E-state index contributed by atoms with van der Waals surface area (Å²) in [5.74, 6) is 1.36. The van der Waals surface area contributed by atoms with Crippen molar-refractivity contribution in [1.82, 2.24) is 15.6 Å². The molecule has 1 heterocycles. The predicted octanol–water partition coefficient (Wildman–Crippen LogP) is 3.47. The fourth-order valence-corrected chi connectivity index (χ4v) is 2.97. The summed E-state index contributed by atoms with van der Waals surface area (Å²) in [6, 6.07) is 7.88. The number of benzene rings is 1. The molecule has 1 aromatic heterocycles. The first-order chi connectivity index (χ1) is 12.4. The van der Waals surface area contributed by atoms with Crippen molar-refractivity contribution in [1.29, 1.82) is 0 Å². The van der Waals surface area contributed by atoms with Crippen molar-refractivity contribution in [2.24, 2.45) is 4.99 Å². The zero-order valence-corrected chi connectivity index (χ0v) is 15.4. The van der Waals surface area contributed by atoms with Crippen LogP contribution in [0.25, 0.3) is 0 Å². The Balaban J connectivity index is 1.73. The molecule has 2 rings (SSSR count). The van der Waals surface area contributed by atoms with Crippen LogP contribution in [0.15, 0.2) is 34.6 Å². The average Bonchev–Trinajstić information content (AvgIpc) is 3.11. The third-order valence-electron chi connectivity index (χ3n) is 3.54. The first-order valence-corrected chi connectivity index (χ1v) is 8.89. The third kappa shape index (κ3) is 6.21. The van der Waals surface area contributed by atoms with Crippen LogP contribution in [-0.2, 0) is 19.1 Å². The summed E-state index contributed by atoms with van der Waals surface area (Å²) in [5, 5.41) is 7.48. The average molecular weight is 386 g/mol. The number of hydrogen-bond acceptors (Lipinski definition) is 4. The molecule has 0 atom stereocenters. The highest BCUT2D eigenvalue weighted by atomic mass is 32.1. The van der Waals surface area contributed by atoms with Crippen LogP contribution >= 0.6 is 11.3 Å². The van der Waals surface area contributed by atoms with Crippen molar-refractivity contribution in [3.63, 3.8) is 0 Å². The van der Waals surface area contributed by atoms with Gasteiger partial charge in [-0.3, -0.25) is 4.99 Å². The molecule has 0 aliphatic rings. The van der Waals surface area contributed by atoms with Crippen LogP contribution in [0, 0.1) is 0 Å². The Hall–Kier alpha value is -2.29. The van der Waals surface area contributed by atoms with Crippen molar-refractivity contribution in [2.75, 3.05) is 20.7 Å². The lowest BCUT2D eigenvalue weighted by Gasteiger charge is -2.11. The number of aliphatic imine (C=N–C) groups is 1. The molecule has 0 fully saturated rings. The number of nitrogens with zero attached hydrogens (tertiary/aromatic N) is 2. The number of rotatable bonds is 7. The number of aryl methyl sites for hydroxylation is 1. The molecule has 1 aromatic carbocycles. The molecule has 0 unspecified atom stereocenters. The minimum atomic E-state index is -4.41. The van der Waals surface area contributed by atoms with Crippen LogP contribution in [-0.4, -0.2) is 31.6 Å². The van der Waals surface area contributed by atoms with Gasteiger partial charge in [-0.05, 0) is 30.5 Å². The maximum atomic E-state index is 12.5. The summed E-state index contributed by atoms with van der Waals surface area (Å²) in [5.41, 5.74) is 0.317. The van der Waals surface area contributed by atoms with E-state index >= 15 is 0 Å². The van der Waals surface area contributed by atoms with Crippen LogP contribution in [0.2, 0.25) is 0 Å². The molecule has 0 saturated carbocycles. The number of methoxy groups -OCH3 is 1. The van der Waals surface area contributed by atoms with Gasteiger partial charge in [0.1, 0.15) is 10.8 Å². The number of thiazole rings is 1. The lowest BCUT2D eigenvalue weighted by Crippen LogP contribution is -2.37. The van der Waals surface area contributed by atoms with Crippen LogP contribution < -0.4 is 15.4 Å². The number of alkyl halides is 3. The fourth-order valence-electron chi connectivity index (χ4n) is 2.23. The molecule has 0 aliphatic heterocycles. The van der Waals surface area contributed by atoms with E-state index in [0.717, 1.165) is 35.3 Å². The molecule has 0 spiro atoms. The molecule has 2 aromatic rings. The number of hydrogen-bond donors (Lipinski definition) is 2. The molecule has 0 radical (unpaired) electrons. The van der Waals surface area contributed by atoms with E-state index in [0.29, 0.717) is 17.5 Å². The van der Waals surface area contributed by atoms with Crippen molar-refractivity contribution in [3.8, 4) is 5.75 Å². The van der Waals surface area contributed by atoms with Gasteiger partial charge in [-0.2, -0.15) is 13.2 Å². The first-order valence-electron chi connectivity index (χ1n) is 8.01. The van der Waals surface area contributed by atoms with Gasteiger partial charge in [0, 0.05) is 19.0 Å². The van der Waals surface area contributed by atoms with Gasteiger partial charge in [0.25, 0.3) is 0 Å².